The molecule has 0 spiro atoms. The van der Waals surface area contributed by atoms with Gasteiger partial charge in [-0.1, -0.05) is 5.92 Å². The predicted octanol–water partition coefficient (Wildman–Crippen LogP) is 1.75. The smallest absolute Gasteiger partial charge is 0.0562 e. The summed E-state index contributed by atoms with van der Waals surface area (Å²) in [4.78, 5) is 3.95. The molecule has 0 atom stereocenters. The average Bonchev–Trinajstić information content (AvgIpc) is 2.86. The van der Waals surface area contributed by atoms with Crippen LogP contribution in [0.1, 0.15) is 18.4 Å². The van der Waals surface area contributed by atoms with E-state index >= 15 is 0 Å². The van der Waals surface area contributed by atoms with Crippen LogP contribution in [-0.2, 0) is 5.41 Å². The molecule has 1 aromatic rings. The maximum atomic E-state index is 5.43. The molecule has 0 amide bonds. The summed E-state index contributed by atoms with van der Waals surface area (Å²) in [5, 5.41) is 0. The molecule has 1 heterocycles. The van der Waals surface area contributed by atoms with Crippen molar-refractivity contribution in [2.45, 2.75) is 18.3 Å². The van der Waals surface area contributed by atoms with Gasteiger partial charge in [-0.3, -0.25) is 4.98 Å². The van der Waals surface area contributed by atoms with Crippen LogP contribution < -0.4 is 0 Å². The summed E-state index contributed by atoms with van der Waals surface area (Å²) in [5.74, 6) is 2.84. The van der Waals surface area contributed by atoms with Crippen molar-refractivity contribution in [2.75, 3.05) is 0 Å². The van der Waals surface area contributed by atoms with E-state index in [1.807, 2.05) is 12.1 Å². The Morgan fingerprint density at radius 2 is 2.00 bits per heavy atom. The SMILES string of the molecule is C#CC1(c2ccncc2)CC1. The Balaban J connectivity index is 2.39. The zero-order valence-corrected chi connectivity index (χ0v) is 6.25. The quantitative estimate of drug-likeness (QED) is 0.546. The molecule has 0 saturated heterocycles. The second kappa shape index (κ2) is 2.10. The molecule has 0 aromatic carbocycles. The van der Waals surface area contributed by atoms with Crippen molar-refractivity contribution >= 4 is 0 Å². The van der Waals surface area contributed by atoms with E-state index in [0.29, 0.717) is 0 Å². The van der Waals surface area contributed by atoms with E-state index in [2.05, 4.69) is 10.9 Å². The molecule has 0 bridgehead atoms. The second-order valence-electron chi connectivity index (χ2n) is 2.96. The first-order chi connectivity index (χ1) is 5.37. The fraction of sp³-hybridized carbons (Fsp3) is 0.300. The van der Waals surface area contributed by atoms with Gasteiger partial charge in [0.15, 0.2) is 0 Å². The second-order valence-corrected chi connectivity index (χ2v) is 2.96. The van der Waals surface area contributed by atoms with E-state index in [1.165, 1.54) is 5.56 Å². The number of pyridine rings is 1. The van der Waals surface area contributed by atoms with Crippen LogP contribution in [0.25, 0.3) is 0 Å². The number of rotatable bonds is 1. The lowest BCUT2D eigenvalue weighted by atomic mass is 9.99. The Labute approximate surface area is 66.5 Å². The van der Waals surface area contributed by atoms with Gasteiger partial charge in [0, 0.05) is 12.4 Å². The summed E-state index contributed by atoms with van der Waals surface area (Å²) in [7, 11) is 0. The first-order valence-electron chi connectivity index (χ1n) is 3.76. The fourth-order valence-corrected chi connectivity index (χ4v) is 1.31. The topological polar surface area (TPSA) is 12.9 Å². The molecule has 0 unspecified atom stereocenters. The summed E-state index contributed by atoms with van der Waals surface area (Å²) < 4.78 is 0. The van der Waals surface area contributed by atoms with E-state index in [-0.39, 0.29) is 5.41 Å². The normalized spacial score (nSPS) is 18.8. The third-order valence-corrected chi connectivity index (χ3v) is 2.26. The number of nitrogens with zero attached hydrogens (tertiary/aromatic N) is 1. The molecule has 0 aliphatic heterocycles. The van der Waals surface area contributed by atoms with Crippen molar-refractivity contribution in [3.05, 3.63) is 30.1 Å². The lowest BCUT2D eigenvalue weighted by Crippen LogP contribution is -2.01. The Hall–Kier alpha value is -1.29. The van der Waals surface area contributed by atoms with Crippen LogP contribution in [0, 0.1) is 12.3 Å². The van der Waals surface area contributed by atoms with E-state index in [1.54, 1.807) is 12.4 Å². The summed E-state index contributed by atoms with van der Waals surface area (Å²) in [6.07, 6.45) is 11.3. The molecule has 1 fully saturated rings. The van der Waals surface area contributed by atoms with Gasteiger partial charge in [-0.15, -0.1) is 6.42 Å². The number of aromatic nitrogens is 1. The maximum Gasteiger partial charge on any atom is 0.0562 e. The van der Waals surface area contributed by atoms with Crippen LogP contribution in [0.3, 0.4) is 0 Å². The summed E-state index contributed by atoms with van der Waals surface area (Å²) in [6, 6.07) is 4.01. The molecule has 0 N–H and O–H groups in total. The van der Waals surface area contributed by atoms with Crippen molar-refractivity contribution in [3.8, 4) is 12.3 Å². The van der Waals surface area contributed by atoms with Crippen LogP contribution in [0.15, 0.2) is 24.5 Å². The minimum absolute atomic E-state index is 0.0724. The van der Waals surface area contributed by atoms with Crippen LogP contribution >= 0.6 is 0 Å². The lowest BCUT2D eigenvalue weighted by Gasteiger charge is -2.05. The minimum Gasteiger partial charge on any atom is -0.265 e. The highest BCUT2D eigenvalue weighted by molar-refractivity contribution is 5.39. The van der Waals surface area contributed by atoms with Gasteiger partial charge in [-0.05, 0) is 30.5 Å². The Morgan fingerprint density at radius 1 is 1.36 bits per heavy atom. The van der Waals surface area contributed by atoms with Crippen molar-refractivity contribution < 1.29 is 0 Å². The van der Waals surface area contributed by atoms with Gasteiger partial charge in [-0.2, -0.15) is 0 Å². The Morgan fingerprint density at radius 3 is 2.45 bits per heavy atom. The molecule has 1 aliphatic rings. The third kappa shape index (κ3) is 0.914. The van der Waals surface area contributed by atoms with E-state index in [9.17, 15) is 0 Å². The number of hydrogen-bond donors (Lipinski definition) is 0. The van der Waals surface area contributed by atoms with Crippen LogP contribution in [0.2, 0.25) is 0 Å². The predicted molar refractivity (Wildman–Crippen MR) is 44.0 cm³/mol. The lowest BCUT2D eigenvalue weighted by molar-refractivity contribution is 0.925. The molecule has 54 valence electrons. The minimum atomic E-state index is 0.0724. The number of hydrogen-bond acceptors (Lipinski definition) is 1. The maximum absolute atomic E-state index is 5.43. The van der Waals surface area contributed by atoms with Crippen molar-refractivity contribution in [3.63, 3.8) is 0 Å². The molecular formula is C10H9N. The van der Waals surface area contributed by atoms with E-state index in [4.69, 9.17) is 6.42 Å². The molecule has 1 nitrogen and oxygen atoms in total. The van der Waals surface area contributed by atoms with Crippen LogP contribution in [-0.4, -0.2) is 4.98 Å². The first kappa shape index (κ1) is 6.42. The monoisotopic (exact) mass is 143 g/mol. The standard InChI is InChI=1S/C10H9N/c1-2-10(5-6-10)9-3-7-11-8-4-9/h1,3-4,7-8H,5-6H2. The summed E-state index contributed by atoms with van der Waals surface area (Å²) in [6.45, 7) is 0. The number of terminal acetylenes is 1. The average molecular weight is 143 g/mol. The zero-order valence-electron chi connectivity index (χ0n) is 6.25. The molecule has 1 heteroatoms. The van der Waals surface area contributed by atoms with Gasteiger partial charge >= 0.3 is 0 Å². The van der Waals surface area contributed by atoms with Gasteiger partial charge in [0.2, 0.25) is 0 Å². The molecule has 1 aliphatic carbocycles. The van der Waals surface area contributed by atoms with Crippen molar-refractivity contribution in [2.24, 2.45) is 0 Å². The third-order valence-electron chi connectivity index (χ3n) is 2.26. The molecule has 1 saturated carbocycles. The summed E-state index contributed by atoms with van der Waals surface area (Å²) in [5.41, 5.74) is 1.32. The first-order valence-corrected chi connectivity index (χ1v) is 3.76. The van der Waals surface area contributed by atoms with Gasteiger partial charge < -0.3 is 0 Å². The van der Waals surface area contributed by atoms with Gasteiger partial charge in [-0.25, -0.2) is 0 Å². The molecule has 11 heavy (non-hydrogen) atoms. The molecule has 2 rings (SSSR count). The van der Waals surface area contributed by atoms with Crippen molar-refractivity contribution in [1.82, 2.24) is 4.98 Å². The highest BCUT2D eigenvalue weighted by Crippen LogP contribution is 2.47. The zero-order chi connectivity index (χ0) is 7.73. The van der Waals surface area contributed by atoms with E-state index < -0.39 is 0 Å². The fourth-order valence-electron chi connectivity index (χ4n) is 1.31. The largest absolute Gasteiger partial charge is 0.265 e. The van der Waals surface area contributed by atoms with Crippen LogP contribution in [0.4, 0.5) is 0 Å². The van der Waals surface area contributed by atoms with E-state index in [0.717, 1.165) is 12.8 Å². The van der Waals surface area contributed by atoms with Gasteiger partial charge in [0.05, 0.1) is 5.41 Å². The van der Waals surface area contributed by atoms with Gasteiger partial charge in [0.1, 0.15) is 0 Å². The summed E-state index contributed by atoms with van der Waals surface area (Å²) >= 11 is 0. The molecule has 1 aromatic heterocycles. The Bertz CT molecular complexity index is 290. The molecular weight excluding hydrogens is 134 g/mol. The highest BCUT2D eigenvalue weighted by atomic mass is 14.6. The van der Waals surface area contributed by atoms with Gasteiger partial charge in [0.25, 0.3) is 0 Å². The Kier molecular flexibility index (Phi) is 1.22. The van der Waals surface area contributed by atoms with Crippen LogP contribution in [0.5, 0.6) is 0 Å². The highest BCUT2D eigenvalue weighted by Gasteiger charge is 2.42. The van der Waals surface area contributed by atoms with Crippen molar-refractivity contribution in [1.29, 1.82) is 0 Å². The molecule has 0 radical (unpaired) electrons.